The van der Waals surface area contributed by atoms with Gasteiger partial charge in [0.15, 0.2) is 0 Å². The summed E-state index contributed by atoms with van der Waals surface area (Å²) in [7, 11) is 4.58. The van der Waals surface area contributed by atoms with Crippen LogP contribution in [0.2, 0.25) is 0 Å². The Morgan fingerprint density at radius 2 is 0.621 bits per heavy atom. The Hall–Kier alpha value is -0.0400. The van der Waals surface area contributed by atoms with E-state index in [0.717, 1.165) is 6.04 Å². The van der Waals surface area contributed by atoms with E-state index in [9.17, 15) is 0 Å². The molecule has 1 unspecified atom stereocenters. The van der Waals surface area contributed by atoms with Crippen molar-refractivity contribution in [1.29, 1.82) is 0 Å². The smallest absolute Gasteiger partial charge is 0.00891 e. The largest absolute Gasteiger partial charge is 0.306 e. The van der Waals surface area contributed by atoms with E-state index in [2.05, 4.69) is 32.8 Å². The van der Waals surface area contributed by atoms with Gasteiger partial charge in [0, 0.05) is 6.04 Å². The van der Waals surface area contributed by atoms with E-state index in [1.54, 1.807) is 0 Å². The Labute approximate surface area is 186 Å². The van der Waals surface area contributed by atoms with E-state index < -0.39 is 0 Å². The van der Waals surface area contributed by atoms with Gasteiger partial charge in [-0.25, -0.2) is 0 Å². The molecule has 0 aliphatic carbocycles. The SMILES string of the molecule is CCCCCCCCCCCCCCC(CCCCCCCCCCC)N(C)C. The van der Waals surface area contributed by atoms with Crippen LogP contribution < -0.4 is 0 Å². The van der Waals surface area contributed by atoms with Gasteiger partial charge in [0.05, 0.1) is 0 Å². The maximum atomic E-state index is 2.49. The zero-order chi connectivity index (χ0) is 21.4. The molecule has 0 radical (unpaired) electrons. The third-order valence-electron chi connectivity index (χ3n) is 6.76. The van der Waals surface area contributed by atoms with Crippen LogP contribution in [0.1, 0.15) is 162 Å². The van der Waals surface area contributed by atoms with Crippen molar-refractivity contribution < 1.29 is 0 Å². The van der Waals surface area contributed by atoms with Gasteiger partial charge in [0.25, 0.3) is 0 Å². The van der Waals surface area contributed by atoms with Crippen molar-refractivity contribution >= 4 is 0 Å². The molecule has 0 amide bonds. The first-order valence-electron chi connectivity index (χ1n) is 13.9. The van der Waals surface area contributed by atoms with E-state index in [1.165, 1.54) is 148 Å². The fourth-order valence-electron chi connectivity index (χ4n) is 4.57. The summed E-state index contributed by atoms with van der Waals surface area (Å²) in [4.78, 5) is 2.49. The highest BCUT2D eigenvalue weighted by Crippen LogP contribution is 2.18. The minimum Gasteiger partial charge on any atom is -0.306 e. The number of hydrogen-bond donors (Lipinski definition) is 0. The number of unbranched alkanes of at least 4 members (excludes halogenated alkanes) is 19. The van der Waals surface area contributed by atoms with Crippen LogP contribution in [-0.4, -0.2) is 25.0 Å². The predicted octanol–water partition coefficient (Wildman–Crippen LogP) is 9.93. The Kier molecular flexibility index (Phi) is 24.2. The van der Waals surface area contributed by atoms with Crippen molar-refractivity contribution in [3.05, 3.63) is 0 Å². The molecular weight excluding hydrogens is 350 g/mol. The predicted molar refractivity (Wildman–Crippen MR) is 135 cm³/mol. The molecule has 176 valence electrons. The van der Waals surface area contributed by atoms with Gasteiger partial charge in [-0.05, 0) is 26.9 Å². The van der Waals surface area contributed by atoms with Gasteiger partial charge in [-0.2, -0.15) is 0 Å². The van der Waals surface area contributed by atoms with E-state index >= 15 is 0 Å². The van der Waals surface area contributed by atoms with Gasteiger partial charge in [-0.15, -0.1) is 0 Å². The fraction of sp³-hybridized carbons (Fsp3) is 1.00. The van der Waals surface area contributed by atoms with Crippen molar-refractivity contribution in [1.82, 2.24) is 4.90 Å². The molecule has 29 heavy (non-hydrogen) atoms. The van der Waals surface area contributed by atoms with Crippen LogP contribution in [0.4, 0.5) is 0 Å². The molecule has 1 nitrogen and oxygen atoms in total. The topological polar surface area (TPSA) is 3.24 Å². The summed E-state index contributed by atoms with van der Waals surface area (Å²) in [5, 5.41) is 0. The average molecular weight is 410 g/mol. The minimum absolute atomic E-state index is 0.822. The second-order valence-corrected chi connectivity index (χ2v) is 9.91. The Bertz CT molecular complexity index is 286. The van der Waals surface area contributed by atoms with Crippen molar-refractivity contribution in [3.63, 3.8) is 0 Å². The van der Waals surface area contributed by atoms with E-state index in [-0.39, 0.29) is 0 Å². The van der Waals surface area contributed by atoms with Crippen LogP contribution in [-0.2, 0) is 0 Å². The molecule has 0 heterocycles. The van der Waals surface area contributed by atoms with Crippen LogP contribution in [0.3, 0.4) is 0 Å². The standard InChI is InChI=1S/C28H59N/c1-5-7-9-11-13-15-16-17-19-21-23-25-27-28(29(3)4)26-24-22-20-18-14-12-10-8-6-2/h28H,5-27H2,1-4H3. The average Bonchev–Trinajstić information content (AvgIpc) is 2.71. The third-order valence-corrected chi connectivity index (χ3v) is 6.76. The highest BCUT2D eigenvalue weighted by atomic mass is 15.1. The maximum Gasteiger partial charge on any atom is 0.00891 e. The molecule has 0 saturated carbocycles. The maximum absolute atomic E-state index is 2.49. The van der Waals surface area contributed by atoms with Gasteiger partial charge in [-0.3, -0.25) is 0 Å². The van der Waals surface area contributed by atoms with Gasteiger partial charge in [0.1, 0.15) is 0 Å². The molecule has 0 saturated heterocycles. The second-order valence-electron chi connectivity index (χ2n) is 9.91. The first-order chi connectivity index (χ1) is 14.2. The summed E-state index contributed by atoms with van der Waals surface area (Å²) in [5.41, 5.74) is 0. The third kappa shape index (κ3) is 22.5. The Balaban J connectivity index is 3.42. The monoisotopic (exact) mass is 409 g/mol. The van der Waals surface area contributed by atoms with E-state index in [1.807, 2.05) is 0 Å². The minimum atomic E-state index is 0.822. The summed E-state index contributed by atoms with van der Waals surface area (Å²) in [5.74, 6) is 0. The lowest BCUT2D eigenvalue weighted by molar-refractivity contribution is 0.251. The summed E-state index contributed by atoms with van der Waals surface area (Å²) in [6.07, 6.45) is 33.3. The number of rotatable bonds is 24. The molecule has 0 N–H and O–H groups in total. The molecule has 1 heteroatoms. The van der Waals surface area contributed by atoms with Crippen LogP contribution in [0.25, 0.3) is 0 Å². The van der Waals surface area contributed by atoms with Crippen LogP contribution in [0.15, 0.2) is 0 Å². The quantitative estimate of drug-likeness (QED) is 0.143. The molecular formula is C28H59N. The summed E-state index contributed by atoms with van der Waals surface area (Å²) < 4.78 is 0. The highest BCUT2D eigenvalue weighted by Gasteiger charge is 2.10. The van der Waals surface area contributed by atoms with Gasteiger partial charge in [0.2, 0.25) is 0 Å². The van der Waals surface area contributed by atoms with Gasteiger partial charge >= 0.3 is 0 Å². The van der Waals surface area contributed by atoms with Gasteiger partial charge in [-0.1, -0.05) is 149 Å². The highest BCUT2D eigenvalue weighted by molar-refractivity contribution is 4.67. The Morgan fingerprint density at radius 3 is 0.862 bits per heavy atom. The fourth-order valence-corrected chi connectivity index (χ4v) is 4.57. The molecule has 0 bridgehead atoms. The Morgan fingerprint density at radius 1 is 0.379 bits per heavy atom. The van der Waals surface area contributed by atoms with Crippen LogP contribution in [0.5, 0.6) is 0 Å². The molecule has 0 aromatic rings. The molecule has 0 aromatic carbocycles. The first kappa shape index (κ1) is 29.0. The number of nitrogens with zero attached hydrogens (tertiary/aromatic N) is 1. The zero-order valence-corrected chi connectivity index (χ0v) is 21.3. The molecule has 0 fully saturated rings. The van der Waals surface area contributed by atoms with Crippen LogP contribution in [0, 0.1) is 0 Å². The first-order valence-corrected chi connectivity index (χ1v) is 13.9. The van der Waals surface area contributed by atoms with Crippen LogP contribution >= 0.6 is 0 Å². The van der Waals surface area contributed by atoms with Crippen molar-refractivity contribution in [2.75, 3.05) is 14.1 Å². The summed E-state index contributed by atoms with van der Waals surface area (Å²) in [6.45, 7) is 4.61. The number of hydrogen-bond acceptors (Lipinski definition) is 1. The van der Waals surface area contributed by atoms with E-state index in [4.69, 9.17) is 0 Å². The lowest BCUT2D eigenvalue weighted by Crippen LogP contribution is -2.27. The summed E-state index contributed by atoms with van der Waals surface area (Å²) >= 11 is 0. The van der Waals surface area contributed by atoms with E-state index in [0.29, 0.717) is 0 Å². The molecule has 0 aromatic heterocycles. The summed E-state index contributed by atoms with van der Waals surface area (Å²) in [6, 6.07) is 0.822. The molecule has 0 spiro atoms. The molecule has 1 atom stereocenters. The van der Waals surface area contributed by atoms with Crippen molar-refractivity contribution in [3.8, 4) is 0 Å². The normalized spacial score (nSPS) is 12.7. The second kappa shape index (κ2) is 24.2. The van der Waals surface area contributed by atoms with Crippen molar-refractivity contribution in [2.24, 2.45) is 0 Å². The molecule has 0 aliphatic rings. The molecule has 0 aliphatic heterocycles. The zero-order valence-electron chi connectivity index (χ0n) is 21.3. The van der Waals surface area contributed by atoms with Crippen molar-refractivity contribution in [2.45, 2.75) is 168 Å². The lowest BCUT2D eigenvalue weighted by Gasteiger charge is -2.24. The lowest BCUT2D eigenvalue weighted by atomic mass is 9.99. The van der Waals surface area contributed by atoms with Gasteiger partial charge < -0.3 is 4.90 Å². The molecule has 0 rings (SSSR count).